The van der Waals surface area contributed by atoms with Crippen LogP contribution in [-0.4, -0.2) is 17.8 Å². The van der Waals surface area contributed by atoms with Crippen molar-refractivity contribution in [1.82, 2.24) is 5.32 Å². The average Bonchev–Trinajstić information content (AvgIpc) is 2.32. The van der Waals surface area contributed by atoms with Crippen molar-refractivity contribution in [3.63, 3.8) is 0 Å². The number of carbonyl (C=O) groups excluding carboxylic acids is 3. The van der Waals surface area contributed by atoms with Crippen molar-refractivity contribution in [2.24, 2.45) is 11.8 Å². The average molecular weight is 315 g/mol. The van der Waals surface area contributed by atoms with Crippen LogP contribution in [0.2, 0.25) is 10.0 Å². The van der Waals surface area contributed by atoms with E-state index in [-0.39, 0.29) is 16.6 Å². The number of halogens is 2. The lowest BCUT2D eigenvalue weighted by molar-refractivity contribution is -0.136. The molecule has 0 radical (unpaired) electrons. The second-order valence-electron chi connectivity index (χ2n) is 4.79. The van der Waals surface area contributed by atoms with Crippen molar-refractivity contribution in [2.45, 2.75) is 13.8 Å². The third kappa shape index (κ3) is 2.51. The third-order valence-corrected chi connectivity index (χ3v) is 3.77. The topological polar surface area (TPSA) is 66.5 Å². The zero-order valence-electron chi connectivity index (χ0n) is 10.8. The fourth-order valence-corrected chi connectivity index (χ4v) is 2.34. The van der Waals surface area contributed by atoms with Gasteiger partial charge in [-0.2, -0.15) is 0 Å². The smallest absolute Gasteiger partial charge is 0.277 e. The molecule has 4 amide bonds. The van der Waals surface area contributed by atoms with Crippen LogP contribution < -0.4 is 10.2 Å². The summed E-state index contributed by atoms with van der Waals surface area (Å²) in [5.41, 5.74) is 0.278. The fourth-order valence-electron chi connectivity index (χ4n) is 2.05. The van der Waals surface area contributed by atoms with Gasteiger partial charge in [0.1, 0.15) is 5.92 Å². The zero-order valence-corrected chi connectivity index (χ0v) is 12.3. The Balaban J connectivity index is 2.43. The number of benzene rings is 1. The van der Waals surface area contributed by atoms with Gasteiger partial charge in [-0.1, -0.05) is 37.0 Å². The number of anilines is 1. The molecule has 5 nitrogen and oxygen atoms in total. The van der Waals surface area contributed by atoms with Gasteiger partial charge in [-0.15, -0.1) is 0 Å². The molecule has 1 atom stereocenters. The van der Waals surface area contributed by atoms with E-state index in [1.807, 2.05) is 0 Å². The van der Waals surface area contributed by atoms with E-state index in [9.17, 15) is 14.4 Å². The van der Waals surface area contributed by atoms with Crippen LogP contribution in [0.25, 0.3) is 0 Å². The molecule has 2 rings (SSSR count). The molecule has 0 aliphatic carbocycles. The minimum absolute atomic E-state index is 0.221. The van der Waals surface area contributed by atoms with Crippen molar-refractivity contribution in [1.29, 1.82) is 0 Å². The standard InChI is InChI=1S/C13H12Cl2N2O3/c1-6(2)10-11(18)16-13(20)17(12(10)19)7-3-4-8(14)9(15)5-7/h3-6,10H,1-2H3,(H,16,18,20). The summed E-state index contributed by atoms with van der Waals surface area (Å²) < 4.78 is 0. The largest absolute Gasteiger partial charge is 0.335 e. The highest BCUT2D eigenvalue weighted by Crippen LogP contribution is 2.30. The Bertz CT molecular complexity index is 601. The van der Waals surface area contributed by atoms with Crippen LogP contribution >= 0.6 is 23.2 Å². The van der Waals surface area contributed by atoms with Gasteiger partial charge < -0.3 is 0 Å². The maximum Gasteiger partial charge on any atom is 0.335 e. The van der Waals surface area contributed by atoms with Gasteiger partial charge in [0, 0.05) is 0 Å². The Morgan fingerprint density at radius 1 is 1.15 bits per heavy atom. The number of hydrogen-bond acceptors (Lipinski definition) is 3. The molecule has 1 saturated heterocycles. The molecule has 7 heteroatoms. The van der Waals surface area contributed by atoms with Crippen molar-refractivity contribution in [2.75, 3.05) is 4.90 Å². The van der Waals surface area contributed by atoms with Crippen LogP contribution in [0.15, 0.2) is 18.2 Å². The Morgan fingerprint density at radius 2 is 1.80 bits per heavy atom. The van der Waals surface area contributed by atoms with Crippen LogP contribution in [0.1, 0.15) is 13.8 Å². The van der Waals surface area contributed by atoms with Crippen LogP contribution in [0, 0.1) is 11.8 Å². The number of barbiturate groups is 1. The molecule has 1 aliphatic rings. The Labute approximate surface area is 125 Å². The number of imide groups is 2. The number of carbonyl (C=O) groups is 3. The van der Waals surface area contributed by atoms with Crippen molar-refractivity contribution in [3.8, 4) is 0 Å². The van der Waals surface area contributed by atoms with E-state index in [0.717, 1.165) is 4.90 Å². The molecule has 1 aromatic rings. The molecule has 1 fully saturated rings. The molecule has 0 saturated carbocycles. The van der Waals surface area contributed by atoms with Gasteiger partial charge in [-0.3, -0.25) is 14.9 Å². The van der Waals surface area contributed by atoms with E-state index < -0.39 is 23.8 Å². The summed E-state index contributed by atoms with van der Waals surface area (Å²) >= 11 is 11.7. The molecule has 0 bridgehead atoms. The Kier molecular flexibility index (Phi) is 4.01. The number of rotatable bonds is 2. The van der Waals surface area contributed by atoms with Crippen LogP contribution in [0.4, 0.5) is 10.5 Å². The van der Waals surface area contributed by atoms with E-state index in [1.165, 1.54) is 18.2 Å². The number of amides is 4. The predicted molar refractivity (Wildman–Crippen MR) is 75.8 cm³/mol. The van der Waals surface area contributed by atoms with Crippen molar-refractivity contribution < 1.29 is 14.4 Å². The maximum atomic E-state index is 12.4. The van der Waals surface area contributed by atoms with Crippen LogP contribution in [0.5, 0.6) is 0 Å². The second-order valence-corrected chi connectivity index (χ2v) is 5.60. The first-order valence-electron chi connectivity index (χ1n) is 5.96. The van der Waals surface area contributed by atoms with E-state index in [4.69, 9.17) is 23.2 Å². The summed E-state index contributed by atoms with van der Waals surface area (Å²) in [5.74, 6) is -2.26. The Morgan fingerprint density at radius 3 is 2.35 bits per heavy atom. The molecule has 20 heavy (non-hydrogen) atoms. The Hall–Kier alpha value is -1.59. The first-order valence-corrected chi connectivity index (χ1v) is 6.72. The molecule has 0 aromatic heterocycles. The molecule has 106 valence electrons. The van der Waals surface area contributed by atoms with Gasteiger partial charge in [0.25, 0.3) is 0 Å². The molecule has 0 spiro atoms. The van der Waals surface area contributed by atoms with Gasteiger partial charge in [-0.25, -0.2) is 9.69 Å². The van der Waals surface area contributed by atoms with E-state index in [0.29, 0.717) is 5.02 Å². The van der Waals surface area contributed by atoms with Gasteiger partial charge in [-0.05, 0) is 24.1 Å². The zero-order chi connectivity index (χ0) is 15.0. The van der Waals surface area contributed by atoms with Gasteiger partial charge in [0.2, 0.25) is 11.8 Å². The number of nitrogens with zero attached hydrogens (tertiary/aromatic N) is 1. The quantitative estimate of drug-likeness (QED) is 0.853. The van der Waals surface area contributed by atoms with E-state index >= 15 is 0 Å². The monoisotopic (exact) mass is 314 g/mol. The van der Waals surface area contributed by atoms with Gasteiger partial charge in [0.05, 0.1) is 15.7 Å². The predicted octanol–water partition coefficient (Wildman–Crippen LogP) is 2.85. The molecular weight excluding hydrogens is 303 g/mol. The van der Waals surface area contributed by atoms with Crippen LogP contribution in [0.3, 0.4) is 0 Å². The third-order valence-electron chi connectivity index (χ3n) is 3.03. The molecule has 1 aliphatic heterocycles. The summed E-state index contributed by atoms with van der Waals surface area (Å²) in [7, 11) is 0. The van der Waals surface area contributed by atoms with Gasteiger partial charge >= 0.3 is 6.03 Å². The maximum absolute atomic E-state index is 12.4. The summed E-state index contributed by atoms with van der Waals surface area (Å²) in [6.45, 7) is 3.48. The normalized spacial score (nSPS) is 19.6. The summed E-state index contributed by atoms with van der Waals surface area (Å²) in [6, 6.07) is 3.61. The number of hydrogen-bond donors (Lipinski definition) is 1. The number of urea groups is 1. The van der Waals surface area contributed by atoms with Gasteiger partial charge in [0.15, 0.2) is 0 Å². The summed E-state index contributed by atoms with van der Waals surface area (Å²) in [4.78, 5) is 36.9. The molecule has 1 N–H and O–H groups in total. The van der Waals surface area contributed by atoms with Crippen molar-refractivity contribution in [3.05, 3.63) is 28.2 Å². The number of nitrogens with one attached hydrogen (secondary N) is 1. The molecular formula is C13H12Cl2N2O3. The SMILES string of the molecule is CC(C)C1C(=O)NC(=O)N(c2ccc(Cl)c(Cl)c2)C1=O. The highest BCUT2D eigenvalue weighted by molar-refractivity contribution is 6.42. The molecule has 1 aromatic carbocycles. The summed E-state index contributed by atoms with van der Waals surface area (Å²) in [5, 5.41) is 2.72. The lowest BCUT2D eigenvalue weighted by atomic mass is 9.92. The molecule has 1 heterocycles. The van der Waals surface area contributed by atoms with E-state index in [2.05, 4.69) is 5.32 Å². The minimum Gasteiger partial charge on any atom is -0.277 e. The minimum atomic E-state index is -0.901. The lowest BCUT2D eigenvalue weighted by Gasteiger charge is -2.31. The van der Waals surface area contributed by atoms with E-state index in [1.54, 1.807) is 13.8 Å². The first kappa shape index (κ1) is 14.8. The van der Waals surface area contributed by atoms with Crippen LogP contribution in [-0.2, 0) is 9.59 Å². The molecule has 1 unspecified atom stereocenters. The summed E-state index contributed by atoms with van der Waals surface area (Å²) in [6.07, 6.45) is 0. The van der Waals surface area contributed by atoms with Crippen molar-refractivity contribution >= 4 is 46.7 Å². The second kappa shape index (κ2) is 5.42. The lowest BCUT2D eigenvalue weighted by Crippen LogP contribution is -2.59. The first-order chi connectivity index (χ1) is 9.32. The highest BCUT2D eigenvalue weighted by atomic mass is 35.5. The highest BCUT2D eigenvalue weighted by Gasteiger charge is 2.42. The fraction of sp³-hybridized carbons (Fsp3) is 0.308.